The van der Waals surface area contributed by atoms with Crippen LogP contribution in [0, 0.1) is 0 Å². The number of halogens is 2. The molecule has 3 N–H and O–H groups in total. The van der Waals surface area contributed by atoms with E-state index in [1.54, 1.807) is 11.3 Å². The summed E-state index contributed by atoms with van der Waals surface area (Å²) < 4.78 is 0. The van der Waals surface area contributed by atoms with E-state index in [2.05, 4.69) is 10.3 Å². The number of thiazole rings is 1. The summed E-state index contributed by atoms with van der Waals surface area (Å²) in [6, 6.07) is 0. The van der Waals surface area contributed by atoms with Crippen LogP contribution in [0.4, 0.5) is 5.13 Å². The third-order valence-corrected chi connectivity index (χ3v) is 1.88. The van der Waals surface area contributed by atoms with Crippen molar-refractivity contribution in [3.8, 4) is 0 Å². The van der Waals surface area contributed by atoms with Crippen LogP contribution in [-0.4, -0.2) is 12.0 Å². The molecule has 0 aliphatic heterocycles. The van der Waals surface area contributed by atoms with Crippen LogP contribution < -0.4 is 11.1 Å². The molecule has 0 bridgehead atoms. The average Bonchev–Trinajstić information content (AvgIpc) is 2.34. The van der Waals surface area contributed by atoms with Gasteiger partial charge in [0.25, 0.3) is 0 Å². The minimum atomic E-state index is 0. The quantitative estimate of drug-likeness (QED) is 0.787. The van der Waals surface area contributed by atoms with E-state index in [0.717, 1.165) is 10.8 Å². The van der Waals surface area contributed by atoms with Crippen molar-refractivity contribution in [1.82, 2.24) is 4.98 Å². The zero-order valence-electron chi connectivity index (χ0n) is 6.03. The molecule has 1 aromatic heterocycles. The Morgan fingerprint density at radius 3 is 2.55 bits per heavy atom. The number of rotatable bonds is 2. The second-order valence-corrected chi connectivity index (χ2v) is 2.46. The van der Waals surface area contributed by atoms with Crippen LogP contribution >= 0.6 is 36.2 Å². The average molecular weight is 216 g/mol. The maximum atomic E-state index is 5.33. The zero-order valence-corrected chi connectivity index (χ0v) is 8.48. The van der Waals surface area contributed by atoms with Crippen molar-refractivity contribution in [2.45, 2.75) is 6.54 Å². The molecule has 1 rings (SSSR count). The monoisotopic (exact) mass is 215 g/mol. The van der Waals surface area contributed by atoms with Gasteiger partial charge in [-0.25, -0.2) is 4.98 Å². The number of aromatic nitrogens is 1. The van der Waals surface area contributed by atoms with E-state index in [1.807, 2.05) is 12.4 Å². The molecule has 11 heavy (non-hydrogen) atoms. The van der Waals surface area contributed by atoms with Gasteiger partial charge in [0, 0.05) is 19.0 Å². The lowest BCUT2D eigenvalue weighted by atomic mass is 10.5. The third kappa shape index (κ3) is 3.76. The first-order valence-corrected chi connectivity index (χ1v) is 3.57. The summed E-state index contributed by atoms with van der Waals surface area (Å²) in [5, 5.41) is 5.81. The highest BCUT2D eigenvalue weighted by molar-refractivity contribution is 7.13. The van der Waals surface area contributed by atoms with Gasteiger partial charge >= 0.3 is 0 Å². The molecule has 0 saturated heterocycles. The summed E-state index contributed by atoms with van der Waals surface area (Å²) >= 11 is 1.57. The highest BCUT2D eigenvalue weighted by atomic mass is 35.5. The van der Waals surface area contributed by atoms with Gasteiger partial charge in [-0.2, -0.15) is 0 Å². The van der Waals surface area contributed by atoms with Gasteiger partial charge < -0.3 is 11.1 Å². The Kier molecular flexibility index (Phi) is 8.21. The Morgan fingerprint density at radius 1 is 1.64 bits per heavy atom. The second-order valence-electron chi connectivity index (χ2n) is 1.60. The number of hydrogen-bond acceptors (Lipinski definition) is 4. The lowest BCUT2D eigenvalue weighted by Crippen LogP contribution is -1.96. The van der Waals surface area contributed by atoms with Crippen LogP contribution in [-0.2, 0) is 6.54 Å². The Labute approximate surface area is 82.2 Å². The van der Waals surface area contributed by atoms with Crippen LogP contribution in [0.1, 0.15) is 5.69 Å². The van der Waals surface area contributed by atoms with Crippen molar-refractivity contribution in [3.05, 3.63) is 11.1 Å². The predicted octanol–water partition coefficient (Wildman–Crippen LogP) is 1.49. The third-order valence-electron chi connectivity index (χ3n) is 0.975. The molecular weight excluding hydrogens is 205 g/mol. The molecule has 0 spiro atoms. The molecule has 0 aliphatic carbocycles. The van der Waals surface area contributed by atoms with E-state index >= 15 is 0 Å². The Morgan fingerprint density at radius 2 is 2.27 bits per heavy atom. The van der Waals surface area contributed by atoms with Gasteiger partial charge in [-0.05, 0) is 0 Å². The highest BCUT2D eigenvalue weighted by Gasteiger charge is 1.94. The maximum Gasteiger partial charge on any atom is 0.182 e. The standard InChI is InChI=1S/C5H9N3S.2ClH/c1-7-5-8-4(2-6)3-9-5;;/h3H,2,6H2,1H3,(H,7,8);2*1H. The predicted molar refractivity (Wildman–Crippen MR) is 54.0 cm³/mol. The van der Waals surface area contributed by atoms with Crippen molar-refractivity contribution in [1.29, 1.82) is 0 Å². The lowest BCUT2D eigenvalue weighted by Gasteiger charge is -1.87. The number of nitrogens with one attached hydrogen (secondary N) is 1. The largest absolute Gasteiger partial charge is 0.365 e. The molecule has 0 amide bonds. The fraction of sp³-hybridized carbons (Fsp3) is 0.400. The molecule has 0 aliphatic rings. The molecule has 0 unspecified atom stereocenters. The molecule has 0 aromatic carbocycles. The molecule has 66 valence electrons. The first kappa shape index (κ1) is 13.6. The molecular formula is C5H11Cl2N3S. The molecule has 0 atom stereocenters. The van der Waals surface area contributed by atoms with E-state index < -0.39 is 0 Å². The summed E-state index contributed by atoms with van der Waals surface area (Å²) in [4.78, 5) is 4.13. The summed E-state index contributed by atoms with van der Waals surface area (Å²) in [5.74, 6) is 0. The van der Waals surface area contributed by atoms with Crippen LogP contribution in [0.2, 0.25) is 0 Å². The second kappa shape index (κ2) is 6.67. The van der Waals surface area contributed by atoms with Crippen LogP contribution in [0.3, 0.4) is 0 Å². The first-order chi connectivity index (χ1) is 4.36. The molecule has 0 radical (unpaired) electrons. The summed E-state index contributed by atoms with van der Waals surface area (Å²) in [6.45, 7) is 0.526. The number of nitrogens with zero attached hydrogens (tertiary/aromatic N) is 1. The van der Waals surface area contributed by atoms with Crippen molar-refractivity contribution in [2.75, 3.05) is 12.4 Å². The number of nitrogens with two attached hydrogens (primary N) is 1. The lowest BCUT2D eigenvalue weighted by molar-refractivity contribution is 1.01. The van der Waals surface area contributed by atoms with Gasteiger partial charge in [0.1, 0.15) is 0 Å². The summed E-state index contributed by atoms with van der Waals surface area (Å²) in [7, 11) is 1.85. The van der Waals surface area contributed by atoms with E-state index in [0.29, 0.717) is 6.54 Å². The van der Waals surface area contributed by atoms with Gasteiger partial charge in [-0.15, -0.1) is 36.2 Å². The van der Waals surface area contributed by atoms with Crippen LogP contribution in [0.25, 0.3) is 0 Å². The molecule has 1 aromatic rings. The SMILES string of the molecule is CNc1nc(CN)cs1.Cl.Cl. The summed E-state index contributed by atoms with van der Waals surface area (Å²) in [5.41, 5.74) is 6.28. The van der Waals surface area contributed by atoms with Gasteiger partial charge in [0.05, 0.1) is 5.69 Å². The minimum Gasteiger partial charge on any atom is -0.365 e. The smallest absolute Gasteiger partial charge is 0.182 e. The van der Waals surface area contributed by atoms with Crippen molar-refractivity contribution in [3.63, 3.8) is 0 Å². The van der Waals surface area contributed by atoms with Crippen molar-refractivity contribution >= 4 is 41.3 Å². The van der Waals surface area contributed by atoms with Crippen LogP contribution in [0.15, 0.2) is 5.38 Å². The van der Waals surface area contributed by atoms with E-state index in [9.17, 15) is 0 Å². The molecule has 1 heterocycles. The highest BCUT2D eigenvalue weighted by Crippen LogP contribution is 2.12. The number of anilines is 1. The van der Waals surface area contributed by atoms with Crippen molar-refractivity contribution < 1.29 is 0 Å². The molecule has 0 fully saturated rings. The van der Waals surface area contributed by atoms with Gasteiger partial charge in [-0.1, -0.05) is 0 Å². The van der Waals surface area contributed by atoms with E-state index in [1.165, 1.54) is 0 Å². The maximum absolute atomic E-state index is 5.33. The van der Waals surface area contributed by atoms with E-state index in [4.69, 9.17) is 5.73 Å². The Bertz CT molecular complexity index is 173. The van der Waals surface area contributed by atoms with Gasteiger partial charge in [0.2, 0.25) is 0 Å². The topological polar surface area (TPSA) is 50.9 Å². The zero-order chi connectivity index (χ0) is 6.69. The number of hydrogen-bond donors (Lipinski definition) is 2. The molecule has 3 nitrogen and oxygen atoms in total. The summed E-state index contributed by atoms with van der Waals surface area (Å²) in [6.07, 6.45) is 0. The molecule has 6 heteroatoms. The van der Waals surface area contributed by atoms with Gasteiger partial charge in [-0.3, -0.25) is 0 Å². The normalized spacial score (nSPS) is 7.82. The minimum absolute atomic E-state index is 0. The molecule has 0 saturated carbocycles. The first-order valence-electron chi connectivity index (χ1n) is 2.69. The van der Waals surface area contributed by atoms with Crippen molar-refractivity contribution in [2.24, 2.45) is 5.73 Å². The van der Waals surface area contributed by atoms with Gasteiger partial charge in [0.15, 0.2) is 5.13 Å². The fourth-order valence-electron chi connectivity index (χ4n) is 0.516. The Hall–Kier alpha value is -0.0300. The Balaban J connectivity index is 0. The fourth-order valence-corrected chi connectivity index (χ4v) is 1.20. The van der Waals surface area contributed by atoms with E-state index in [-0.39, 0.29) is 24.8 Å². The van der Waals surface area contributed by atoms with Crippen LogP contribution in [0.5, 0.6) is 0 Å².